The molecule has 0 aliphatic carbocycles. The molecule has 2 rings (SSSR count). The Morgan fingerprint density at radius 2 is 1.80 bits per heavy atom. The first-order chi connectivity index (χ1) is 7.09. The Labute approximate surface area is 84.1 Å². The third-order valence-electron chi connectivity index (χ3n) is 1.99. The SMILES string of the molecule is FC(F)(F)c1ccccc1-c1[c]occ1. The number of rotatable bonds is 1. The van der Waals surface area contributed by atoms with E-state index in [-0.39, 0.29) is 5.56 Å². The van der Waals surface area contributed by atoms with E-state index >= 15 is 0 Å². The van der Waals surface area contributed by atoms with Gasteiger partial charge in [0, 0.05) is 5.56 Å². The minimum atomic E-state index is -4.36. The van der Waals surface area contributed by atoms with Gasteiger partial charge in [0.15, 0.2) is 6.26 Å². The summed E-state index contributed by atoms with van der Waals surface area (Å²) in [4.78, 5) is 0. The van der Waals surface area contributed by atoms with E-state index in [1.165, 1.54) is 24.5 Å². The van der Waals surface area contributed by atoms with Crippen LogP contribution in [0.1, 0.15) is 5.56 Å². The average molecular weight is 211 g/mol. The highest BCUT2D eigenvalue weighted by atomic mass is 19.4. The highest BCUT2D eigenvalue weighted by Crippen LogP contribution is 2.36. The van der Waals surface area contributed by atoms with Gasteiger partial charge in [-0.25, -0.2) is 0 Å². The molecule has 0 atom stereocenters. The molecular formula is C11H6F3O. The van der Waals surface area contributed by atoms with Crippen LogP contribution in [0.2, 0.25) is 0 Å². The summed E-state index contributed by atoms with van der Waals surface area (Å²) in [6.45, 7) is 0. The van der Waals surface area contributed by atoms with Gasteiger partial charge in [-0.15, -0.1) is 0 Å². The van der Waals surface area contributed by atoms with E-state index in [1.807, 2.05) is 0 Å². The summed E-state index contributed by atoms with van der Waals surface area (Å²) >= 11 is 0. The number of benzene rings is 1. The molecule has 0 aliphatic rings. The summed E-state index contributed by atoms with van der Waals surface area (Å²) < 4.78 is 42.4. The van der Waals surface area contributed by atoms with Crippen molar-refractivity contribution in [1.82, 2.24) is 0 Å². The second-order valence-electron chi connectivity index (χ2n) is 2.98. The van der Waals surface area contributed by atoms with Crippen molar-refractivity contribution < 1.29 is 17.6 Å². The van der Waals surface area contributed by atoms with Crippen molar-refractivity contribution in [1.29, 1.82) is 0 Å². The zero-order chi connectivity index (χ0) is 10.9. The molecule has 2 aromatic rings. The molecule has 0 spiro atoms. The van der Waals surface area contributed by atoms with Gasteiger partial charge in [0.05, 0.1) is 11.8 Å². The Balaban J connectivity index is 2.58. The molecule has 1 heterocycles. The Morgan fingerprint density at radius 1 is 1.07 bits per heavy atom. The van der Waals surface area contributed by atoms with Crippen LogP contribution >= 0.6 is 0 Å². The van der Waals surface area contributed by atoms with Crippen molar-refractivity contribution >= 4 is 0 Å². The third kappa shape index (κ3) is 1.88. The zero-order valence-electron chi connectivity index (χ0n) is 7.51. The molecule has 4 heteroatoms. The Bertz CT molecular complexity index is 443. The fraction of sp³-hybridized carbons (Fsp3) is 0.0909. The van der Waals surface area contributed by atoms with Gasteiger partial charge in [-0.2, -0.15) is 13.2 Å². The summed E-state index contributed by atoms with van der Waals surface area (Å²) in [7, 11) is 0. The van der Waals surface area contributed by atoms with Crippen molar-refractivity contribution in [3.8, 4) is 11.1 Å². The van der Waals surface area contributed by atoms with Crippen LogP contribution in [0.5, 0.6) is 0 Å². The van der Waals surface area contributed by atoms with Crippen molar-refractivity contribution in [3.05, 3.63) is 48.4 Å². The predicted octanol–water partition coefficient (Wildman–Crippen LogP) is 3.77. The van der Waals surface area contributed by atoms with Crippen LogP contribution in [0, 0.1) is 6.26 Å². The van der Waals surface area contributed by atoms with Gasteiger partial charge < -0.3 is 4.42 Å². The Kier molecular flexibility index (Phi) is 2.26. The lowest BCUT2D eigenvalue weighted by Crippen LogP contribution is -2.06. The van der Waals surface area contributed by atoms with Gasteiger partial charge in [-0.1, -0.05) is 18.2 Å². The molecule has 1 nitrogen and oxygen atoms in total. The van der Waals surface area contributed by atoms with Crippen LogP contribution in [0.15, 0.2) is 41.0 Å². The van der Waals surface area contributed by atoms with E-state index in [4.69, 9.17) is 0 Å². The molecule has 0 amide bonds. The van der Waals surface area contributed by atoms with Gasteiger partial charge in [-0.3, -0.25) is 0 Å². The van der Waals surface area contributed by atoms with Crippen LogP contribution in [0.4, 0.5) is 13.2 Å². The number of hydrogen-bond donors (Lipinski definition) is 0. The maximum atomic E-state index is 12.6. The normalized spacial score (nSPS) is 11.7. The van der Waals surface area contributed by atoms with E-state index in [0.717, 1.165) is 6.07 Å². The van der Waals surface area contributed by atoms with Gasteiger partial charge in [0.1, 0.15) is 0 Å². The second-order valence-corrected chi connectivity index (χ2v) is 2.98. The van der Waals surface area contributed by atoms with E-state index in [1.54, 1.807) is 6.07 Å². The molecule has 1 radical (unpaired) electrons. The molecule has 0 aliphatic heterocycles. The highest BCUT2D eigenvalue weighted by molar-refractivity contribution is 5.66. The quantitative estimate of drug-likeness (QED) is 0.699. The smallest absolute Gasteiger partial charge is 0.417 e. The molecule has 0 saturated heterocycles. The number of hydrogen-bond acceptors (Lipinski definition) is 1. The lowest BCUT2D eigenvalue weighted by molar-refractivity contribution is -0.137. The Hall–Kier alpha value is -1.71. The first-order valence-corrected chi connectivity index (χ1v) is 4.21. The average Bonchev–Trinajstić information content (AvgIpc) is 2.69. The predicted molar refractivity (Wildman–Crippen MR) is 48.0 cm³/mol. The molecule has 0 N–H and O–H groups in total. The molecular weight excluding hydrogens is 205 g/mol. The van der Waals surface area contributed by atoms with E-state index < -0.39 is 11.7 Å². The highest BCUT2D eigenvalue weighted by Gasteiger charge is 2.33. The molecule has 0 bridgehead atoms. The maximum Gasteiger partial charge on any atom is 0.417 e. The van der Waals surface area contributed by atoms with Crippen molar-refractivity contribution in [2.75, 3.05) is 0 Å². The van der Waals surface area contributed by atoms with Crippen LogP contribution in [0.3, 0.4) is 0 Å². The van der Waals surface area contributed by atoms with Gasteiger partial charge >= 0.3 is 6.18 Å². The summed E-state index contributed by atoms with van der Waals surface area (Å²) in [6.07, 6.45) is -0.674. The van der Waals surface area contributed by atoms with Gasteiger partial charge in [0.25, 0.3) is 0 Å². The van der Waals surface area contributed by atoms with E-state index in [9.17, 15) is 13.2 Å². The number of halogens is 3. The molecule has 0 saturated carbocycles. The third-order valence-corrected chi connectivity index (χ3v) is 1.99. The molecule has 15 heavy (non-hydrogen) atoms. The maximum absolute atomic E-state index is 12.6. The zero-order valence-corrected chi connectivity index (χ0v) is 7.51. The fourth-order valence-corrected chi connectivity index (χ4v) is 1.34. The van der Waals surface area contributed by atoms with Crippen molar-refractivity contribution in [2.45, 2.75) is 6.18 Å². The minimum Gasteiger partial charge on any atom is -0.460 e. The van der Waals surface area contributed by atoms with Gasteiger partial charge in [0.2, 0.25) is 0 Å². The summed E-state index contributed by atoms with van der Waals surface area (Å²) in [5.41, 5.74) is -0.288. The molecule has 0 fully saturated rings. The van der Waals surface area contributed by atoms with E-state index in [0.29, 0.717) is 5.56 Å². The van der Waals surface area contributed by atoms with Crippen molar-refractivity contribution in [2.24, 2.45) is 0 Å². The molecule has 1 aromatic heterocycles. The first kappa shape index (κ1) is 9.83. The first-order valence-electron chi connectivity index (χ1n) is 4.21. The standard InChI is InChI=1S/C11H6F3O/c12-11(13,14)10-4-2-1-3-9(10)8-5-6-15-7-8/h1-6H. The topological polar surface area (TPSA) is 13.1 Å². The molecule has 77 valence electrons. The van der Waals surface area contributed by atoms with Crippen molar-refractivity contribution in [3.63, 3.8) is 0 Å². The van der Waals surface area contributed by atoms with Crippen LogP contribution < -0.4 is 0 Å². The minimum absolute atomic E-state index is 0.0822. The van der Waals surface area contributed by atoms with Gasteiger partial charge in [-0.05, 0) is 17.7 Å². The van der Waals surface area contributed by atoms with Crippen LogP contribution in [-0.4, -0.2) is 0 Å². The Morgan fingerprint density at radius 3 is 2.40 bits per heavy atom. The lowest BCUT2D eigenvalue weighted by Gasteiger charge is -2.10. The second kappa shape index (κ2) is 3.46. The molecule has 1 aromatic carbocycles. The van der Waals surface area contributed by atoms with Crippen LogP contribution in [-0.2, 0) is 6.18 Å². The largest absolute Gasteiger partial charge is 0.460 e. The number of alkyl halides is 3. The number of furan rings is 1. The van der Waals surface area contributed by atoms with E-state index in [2.05, 4.69) is 10.7 Å². The monoisotopic (exact) mass is 211 g/mol. The summed E-state index contributed by atoms with van der Waals surface area (Å²) in [6, 6.07) is 6.78. The van der Waals surface area contributed by atoms with Crippen LogP contribution in [0.25, 0.3) is 11.1 Å². The fourth-order valence-electron chi connectivity index (χ4n) is 1.34. The lowest BCUT2D eigenvalue weighted by atomic mass is 10.0. The molecule has 0 unspecified atom stereocenters. The summed E-state index contributed by atoms with van der Waals surface area (Å²) in [5, 5.41) is 0. The summed E-state index contributed by atoms with van der Waals surface area (Å²) in [5.74, 6) is 0.